The van der Waals surface area contributed by atoms with Gasteiger partial charge >= 0.3 is 0 Å². The molecule has 0 amide bonds. The molecule has 4 aliphatic heterocycles. The SMILES string of the molecule is C[C@H]1CC[C@]2(OC1)O[C@H]1C[C@H]3[C@@H]4CC=C5C[C@@H](O[C@@H]6O[C@H](CO)[C@@H](O)[C@H](O)[C@H]6O[C@@H]6O[C@@H](C)[C@H](O)[C@@H](O)[C@H]6O)CC[C@]5(C)[C@H]4CC[C@]3(C)[C@H]1[C@@H]2C. The molecule has 8 rings (SSSR count). The molecule has 12 nitrogen and oxygen atoms in total. The predicted molar refractivity (Wildman–Crippen MR) is 182 cm³/mol. The third kappa shape index (κ3) is 5.84. The van der Waals surface area contributed by atoms with Crippen LogP contribution in [0.1, 0.15) is 92.4 Å². The van der Waals surface area contributed by atoms with Gasteiger partial charge in [0.1, 0.15) is 42.7 Å². The van der Waals surface area contributed by atoms with E-state index < -0.39 is 73.8 Å². The van der Waals surface area contributed by atoms with Crippen LogP contribution in [-0.2, 0) is 28.4 Å². The number of allylic oxidation sites excluding steroid dienone is 1. The van der Waals surface area contributed by atoms with Crippen LogP contribution in [0.4, 0.5) is 0 Å². The van der Waals surface area contributed by atoms with Gasteiger partial charge in [-0.3, -0.25) is 0 Å². The van der Waals surface area contributed by atoms with Gasteiger partial charge in [-0.05, 0) is 98.7 Å². The Bertz CT molecular complexity index is 1300. The molecule has 8 aliphatic rings. The van der Waals surface area contributed by atoms with Crippen molar-refractivity contribution >= 4 is 0 Å². The quantitative estimate of drug-likeness (QED) is 0.229. The van der Waals surface area contributed by atoms with Crippen LogP contribution < -0.4 is 0 Å². The largest absolute Gasteiger partial charge is 0.394 e. The lowest BCUT2D eigenvalue weighted by atomic mass is 9.47. The third-order valence-corrected chi connectivity index (χ3v) is 15.6. The molecule has 1 spiro atoms. The van der Waals surface area contributed by atoms with Crippen molar-refractivity contribution in [2.45, 2.75) is 172 Å². The van der Waals surface area contributed by atoms with Gasteiger partial charge in [0.15, 0.2) is 18.4 Å². The molecule has 12 heteroatoms. The Balaban J connectivity index is 0.964. The van der Waals surface area contributed by atoms with Gasteiger partial charge in [0, 0.05) is 12.3 Å². The minimum Gasteiger partial charge on any atom is -0.394 e. The van der Waals surface area contributed by atoms with Gasteiger partial charge in [0.05, 0.1) is 31.5 Å². The number of aliphatic hydroxyl groups is 6. The summed E-state index contributed by atoms with van der Waals surface area (Å²) in [5.41, 5.74) is 1.70. The highest BCUT2D eigenvalue weighted by molar-refractivity contribution is 5.26. The van der Waals surface area contributed by atoms with Crippen LogP contribution in [0.2, 0.25) is 0 Å². The van der Waals surface area contributed by atoms with Gasteiger partial charge in [-0.25, -0.2) is 0 Å². The molecule has 0 unspecified atom stereocenters. The number of ether oxygens (including phenoxy) is 6. The molecular weight excluding hydrogens is 660 g/mol. The monoisotopic (exact) mass is 722 g/mol. The van der Waals surface area contributed by atoms with Crippen LogP contribution in [0.15, 0.2) is 11.6 Å². The maximum Gasteiger partial charge on any atom is 0.187 e. The first kappa shape index (κ1) is 37.2. The zero-order chi connectivity index (χ0) is 36.2. The molecule has 4 aliphatic carbocycles. The fourth-order valence-electron chi connectivity index (χ4n) is 12.5. The van der Waals surface area contributed by atoms with Crippen molar-refractivity contribution in [2.24, 2.45) is 46.3 Å². The molecule has 4 saturated heterocycles. The first-order valence-corrected chi connectivity index (χ1v) is 19.8. The summed E-state index contributed by atoms with van der Waals surface area (Å²) in [7, 11) is 0. The molecule has 0 bridgehead atoms. The summed E-state index contributed by atoms with van der Waals surface area (Å²) in [6.45, 7) is 11.5. The molecule has 0 aromatic rings. The van der Waals surface area contributed by atoms with Gasteiger partial charge in [-0.15, -0.1) is 0 Å². The molecule has 4 heterocycles. The molecule has 7 fully saturated rings. The summed E-state index contributed by atoms with van der Waals surface area (Å²) < 4.78 is 37.6. The zero-order valence-electron chi connectivity index (χ0n) is 30.9. The minimum atomic E-state index is -1.61. The number of hydrogen-bond acceptors (Lipinski definition) is 12. The van der Waals surface area contributed by atoms with Crippen molar-refractivity contribution in [3.63, 3.8) is 0 Å². The van der Waals surface area contributed by atoms with E-state index in [0.717, 1.165) is 38.7 Å². The third-order valence-electron chi connectivity index (χ3n) is 15.6. The van der Waals surface area contributed by atoms with E-state index in [0.29, 0.717) is 41.9 Å². The summed E-state index contributed by atoms with van der Waals surface area (Å²) >= 11 is 0. The Morgan fingerprint density at radius 1 is 0.824 bits per heavy atom. The maximum absolute atomic E-state index is 11.1. The van der Waals surface area contributed by atoms with Crippen LogP contribution in [0.5, 0.6) is 0 Å². The van der Waals surface area contributed by atoms with E-state index in [-0.39, 0.29) is 23.0 Å². The number of aliphatic hydroxyl groups excluding tert-OH is 6. The lowest BCUT2D eigenvalue weighted by Gasteiger charge is -2.58. The second kappa shape index (κ2) is 13.5. The van der Waals surface area contributed by atoms with Crippen LogP contribution in [-0.4, -0.2) is 123 Å². The first-order valence-electron chi connectivity index (χ1n) is 19.8. The number of rotatable bonds is 5. The Hall–Kier alpha value is -0.740. The van der Waals surface area contributed by atoms with E-state index in [1.807, 2.05) is 0 Å². The first-order chi connectivity index (χ1) is 24.2. The highest BCUT2D eigenvalue weighted by atomic mass is 16.8. The van der Waals surface area contributed by atoms with E-state index in [2.05, 4.69) is 33.8 Å². The summed E-state index contributed by atoms with van der Waals surface area (Å²) in [5.74, 6) is 2.92. The summed E-state index contributed by atoms with van der Waals surface area (Å²) in [4.78, 5) is 0. The van der Waals surface area contributed by atoms with Crippen LogP contribution in [0.25, 0.3) is 0 Å². The van der Waals surface area contributed by atoms with Crippen LogP contribution in [0, 0.1) is 46.3 Å². The molecule has 0 aromatic carbocycles. The molecule has 0 radical (unpaired) electrons. The fourth-order valence-corrected chi connectivity index (χ4v) is 12.5. The topological polar surface area (TPSA) is 177 Å². The van der Waals surface area contributed by atoms with Gasteiger partial charge in [-0.1, -0.05) is 39.3 Å². The summed E-state index contributed by atoms with van der Waals surface area (Å²) in [6.07, 6.45) is -1.68. The molecule has 6 N–H and O–H groups in total. The Labute approximate surface area is 301 Å². The predicted octanol–water partition coefficient (Wildman–Crippen LogP) is 2.39. The number of fused-ring (bicyclic) bond motifs is 7. The summed E-state index contributed by atoms with van der Waals surface area (Å²) in [6, 6.07) is 0. The van der Waals surface area contributed by atoms with E-state index in [1.165, 1.54) is 31.8 Å². The van der Waals surface area contributed by atoms with Gasteiger partial charge in [0.2, 0.25) is 0 Å². The molecular formula is C39H62O12. The highest BCUT2D eigenvalue weighted by Gasteiger charge is 2.68. The van der Waals surface area contributed by atoms with E-state index in [1.54, 1.807) is 0 Å². The van der Waals surface area contributed by atoms with Crippen LogP contribution >= 0.6 is 0 Å². The molecule has 51 heavy (non-hydrogen) atoms. The Kier molecular flexibility index (Phi) is 9.83. The van der Waals surface area contributed by atoms with Crippen molar-refractivity contribution in [1.82, 2.24) is 0 Å². The van der Waals surface area contributed by atoms with Crippen molar-refractivity contribution in [3.05, 3.63) is 11.6 Å². The second-order valence-corrected chi connectivity index (χ2v) is 18.3. The van der Waals surface area contributed by atoms with E-state index >= 15 is 0 Å². The second-order valence-electron chi connectivity index (χ2n) is 18.3. The van der Waals surface area contributed by atoms with Crippen molar-refractivity contribution in [2.75, 3.05) is 13.2 Å². The lowest BCUT2D eigenvalue weighted by molar-refractivity contribution is -0.369. The summed E-state index contributed by atoms with van der Waals surface area (Å²) in [5, 5.41) is 62.9. The molecule has 0 aromatic heterocycles. The van der Waals surface area contributed by atoms with Crippen molar-refractivity contribution in [3.8, 4) is 0 Å². The standard InChI is InChI=1S/C39H62O12/c1-18-8-13-39(46-17-18)19(2)28-26(51-39)15-25-23-7-6-21-14-22(9-11-37(21,4)24(23)10-12-38(25,28)5)48-36-34(32(44)30(42)27(16-40)49-36)50-35-33(45)31(43)29(41)20(3)47-35/h6,18-20,22-36,40-45H,7-17H2,1-5H3/t18-,19-,20-,22-,23+,24-,25-,26-,27+,28-,29-,30+,31+,32-,33+,34+,35-,36+,37-,38-,39-/m0/s1. The van der Waals surface area contributed by atoms with Crippen LogP contribution in [0.3, 0.4) is 0 Å². The average Bonchev–Trinajstić information content (AvgIpc) is 3.56. The Morgan fingerprint density at radius 3 is 2.33 bits per heavy atom. The average molecular weight is 723 g/mol. The highest BCUT2D eigenvalue weighted by Crippen LogP contribution is 2.70. The maximum atomic E-state index is 11.1. The van der Waals surface area contributed by atoms with Gasteiger partial charge < -0.3 is 59.1 Å². The van der Waals surface area contributed by atoms with E-state index in [4.69, 9.17) is 28.4 Å². The lowest BCUT2D eigenvalue weighted by Crippen LogP contribution is -2.64. The number of hydrogen-bond donors (Lipinski definition) is 6. The fraction of sp³-hybridized carbons (Fsp3) is 0.949. The molecule has 21 atom stereocenters. The van der Waals surface area contributed by atoms with Crippen molar-refractivity contribution < 1.29 is 59.1 Å². The zero-order valence-corrected chi connectivity index (χ0v) is 30.9. The molecule has 290 valence electrons. The van der Waals surface area contributed by atoms with Crippen molar-refractivity contribution in [1.29, 1.82) is 0 Å². The van der Waals surface area contributed by atoms with Gasteiger partial charge in [-0.2, -0.15) is 0 Å². The van der Waals surface area contributed by atoms with Gasteiger partial charge in [0.25, 0.3) is 0 Å². The minimum absolute atomic E-state index is 0.0535. The van der Waals surface area contributed by atoms with E-state index in [9.17, 15) is 30.6 Å². The normalized spacial score (nSPS) is 58.4. The molecule has 3 saturated carbocycles. The smallest absolute Gasteiger partial charge is 0.187 e. The Morgan fingerprint density at radius 2 is 1.61 bits per heavy atom.